The second kappa shape index (κ2) is 7.44. The van der Waals surface area contributed by atoms with Crippen molar-refractivity contribution in [2.24, 2.45) is 0 Å². The van der Waals surface area contributed by atoms with E-state index in [0.29, 0.717) is 17.7 Å². The van der Waals surface area contributed by atoms with Gasteiger partial charge in [-0.3, -0.25) is 0 Å². The Kier molecular flexibility index (Phi) is 5.60. The molecule has 2 aromatic heterocycles. The highest BCUT2D eigenvalue weighted by Gasteiger charge is 2.18. The second-order valence-electron chi connectivity index (χ2n) is 5.00. The molecule has 0 aliphatic heterocycles. The van der Waals surface area contributed by atoms with E-state index < -0.39 is 0 Å². The van der Waals surface area contributed by atoms with Crippen molar-refractivity contribution in [2.45, 2.75) is 46.0 Å². The number of rotatable bonds is 8. The Morgan fingerprint density at radius 3 is 2.80 bits per heavy atom. The zero-order valence-corrected chi connectivity index (χ0v) is 13.0. The van der Waals surface area contributed by atoms with Crippen molar-refractivity contribution in [3.05, 3.63) is 11.6 Å². The molecule has 0 spiro atoms. The molecule has 2 heterocycles. The summed E-state index contributed by atoms with van der Waals surface area (Å²) in [6.45, 7) is 8.35. The predicted molar refractivity (Wildman–Crippen MR) is 78.8 cm³/mol. The molecule has 0 amide bonds. The summed E-state index contributed by atoms with van der Waals surface area (Å²) in [6, 6.07) is 0. The van der Waals surface area contributed by atoms with Crippen molar-refractivity contribution in [2.75, 3.05) is 13.1 Å². The third-order valence-electron chi connectivity index (χ3n) is 2.89. The first-order valence-corrected chi connectivity index (χ1v) is 7.85. The number of aryl methyl sites for hydroxylation is 1. The Bertz CT molecular complexity index is 522. The van der Waals surface area contributed by atoms with Crippen LogP contribution in [0.25, 0.3) is 10.8 Å². The van der Waals surface area contributed by atoms with Crippen LogP contribution < -0.4 is 5.32 Å². The Balaban J connectivity index is 1.93. The van der Waals surface area contributed by atoms with Crippen molar-refractivity contribution in [3.8, 4) is 10.8 Å². The average molecular weight is 295 g/mol. The zero-order valence-electron chi connectivity index (χ0n) is 12.2. The average Bonchev–Trinajstić information content (AvgIpc) is 3.06. The molecule has 7 heteroatoms. The van der Waals surface area contributed by atoms with Crippen LogP contribution in [0, 0.1) is 0 Å². The minimum Gasteiger partial charge on any atom is -0.420 e. The number of nitrogens with zero attached hydrogens (tertiary/aromatic N) is 4. The van der Waals surface area contributed by atoms with Gasteiger partial charge in [-0.1, -0.05) is 25.3 Å². The number of hydrogen-bond acceptors (Lipinski definition) is 7. The van der Waals surface area contributed by atoms with Crippen LogP contribution in [-0.2, 0) is 6.42 Å². The summed E-state index contributed by atoms with van der Waals surface area (Å²) in [5.41, 5.74) is 0.926. The Morgan fingerprint density at radius 2 is 2.05 bits per heavy atom. The lowest BCUT2D eigenvalue weighted by Crippen LogP contribution is -2.16. The van der Waals surface area contributed by atoms with Gasteiger partial charge in [0, 0.05) is 6.42 Å². The van der Waals surface area contributed by atoms with Crippen LogP contribution in [0.4, 0.5) is 0 Å². The largest absolute Gasteiger partial charge is 0.420 e. The van der Waals surface area contributed by atoms with Crippen molar-refractivity contribution in [1.82, 2.24) is 25.1 Å². The standard InChI is InChI=1S/C13H21N5OS/c1-4-7-14-8-5-6-10-15-17-13(19-10)12-11(9(2)3)16-18-20-12/h9,14H,4-8H2,1-3H3. The van der Waals surface area contributed by atoms with Crippen LogP contribution in [-0.4, -0.2) is 32.9 Å². The molecule has 0 unspecified atom stereocenters. The third-order valence-corrected chi connectivity index (χ3v) is 3.62. The van der Waals surface area contributed by atoms with Crippen molar-refractivity contribution in [3.63, 3.8) is 0 Å². The van der Waals surface area contributed by atoms with Crippen LogP contribution in [0.1, 0.15) is 51.1 Å². The summed E-state index contributed by atoms with van der Waals surface area (Å²) in [4.78, 5) is 0.892. The van der Waals surface area contributed by atoms with E-state index in [1.165, 1.54) is 11.5 Å². The molecule has 6 nitrogen and oxygen atoms in total. The first kappa shape index (κ1) is 15.1. The lowest BCUT2D eigenvalue weighted by molar-refractivity contribution is 0.491. The quantitative estimate of drug-likeness (QED) is 0.754. The minimum absolute atomic E-state index is 0.303. The normalized spacial score (nSPS) is 11.4. The summed E-state index contributed by atoms with van der Waals surface area (Å²) in [5.74, 6) is 1.53. The molecule has 0 aliphatic rings. The maximum atomic E-state index is 5.71. The molecule has 0 aliphatic carbocycles. The van der Waals surface area contributed by atoms with Gasteiger partial charge in [-0.25, -0.2) is 0 Å². The van der Waals surface area contributed by atoms with Crippen LogP contribution in [0.3, 0.4) is 0 Å². The van der Waals surface area contributed by atoms with Crippen molar-refractivity contribution >= 4 is 11.5 Å². The van der Waals surface area contributed by atoms with E-state index in [2.05, 4.69) is 45.9 Å². The summed E-state index contributed by atoms with van der Waals surface area (Å²) in [6.07, 6.45) is 2.95. The topological polar surface area (TPSA) is 76.7 Å². The van der Waals surface area contributed by atoms with Gasteiger partial charge in [-0.15, -0.1) is 15.3 Å². The smallest absolute Gasteiger partial charge is 0.261 e. The molecular weight excluding hydrogens is 274 g/mol. The Labute approximate surface area is 123 Å². The first-order chi connectivity index (χ1) is 9.72. The van der Waals surface area contributed by atoms with Gasteiger partial charge in [0.1, 0.15) is 4.88 Å². The molecule has 2 aromatic rings. The maximum absolute atomic E-state index is 5.71. The predicted octanol–water partition coefficient (Wildman–Crippen LogP) is 2.64. The summed E-state index contributed by atoms with van der Waals surface area (Å²) in [5, 5.41) is 15.7. The van der Waals surface area contributed by atoms with Gasteiger partial charge < -0.3 is 9.73 Å². The molecule has 20 heavy (non-hydrogen) atoms. The van der Waals surface area contributed by atoms with E-state index in [4.69, 9.17) is 4.42 Å². The first-order valence-electron chi connectivity index (χ1n) is 7.08. The molecule has 0 radical (unpaired) electrons. The van der Waals surface area contributed by atoms with E-state index >= 15 is 0 Å². The van der Waals surface area contributed by atoms with Crippen LogP contribution in [0.15, 0.2) is 4.42 Å². The molecule has 110 valence electrons. The highest BCUT2D eigenvalue weighted by Crippen LogP contribution is 2.29. The van der Waals surface area contributed by atoms with Crippen molar-refractivity contribution < 1.29 is 4.42 Å². The van der Waals surface area contributed by atoms with Crippen LogP contribution in [0.2, 0.25) is 0 Å². The Hall–Kier alpha value is -1.34. The molecular formula is C13H21N5OS. The molecule has 0 aromatic carbocycles. The molecule has 1 N–H and O–H groups in total. The van der Waals surface area contributed by atoms with Gasteiger partial charge in [0.2, 0.25) is 5.89 Å². The van der Waals surface area contributed by atoms with E-state index in [9.17, 15) is 0 Å². The molecule has 0 fully saturated rings. The SMILES string of the molecule is CCCNCCCc1nnc(-c2snnc2C(C)C)o1. The molecule has 0 saturated carbocycles. The van der Waals surface area contributed by atoms with Crippen LogP contribution >= 0.6 is 11.5 Å². The van der Waals surface area contributed by atoms with Gasteiger partial charge in [0.25, 0.3) is 5.89 Å². The summed E-state index contributed by atoms with van der Waals surface area (Å²) >= 11 is 1.31. The molecule has 0 saturated heterocycles. The fraction of sp³-hybridized carbons (Fsp3) is 0.692. The highest BCUT2D eigenvalue weighted by atomic mass is 32.1. The fourth-order valence-corrected chi connectivity index (χ4v) is 2.58. The summed E-state index contributed by atoms with van der Waals surface area (Å²) < 4.78 is 9.68. The number of aromatic nitrogens is 4. The van der Waals surface area contributed by atoms with Gasteiger partial charge in [0.15, 0.2) is 0 Å². The number of nitrogens with one attached hydrogen (secondary N) is 1. The Morgan fingerprint density at radius 1 is 1.20 bits per heavy atom. The van der Waals surface area contributed by atoms with Gasteiger partial charge in [-0.2, -0.15) is 0 Å². The zero-order chi connectivity index (χ0) is 14.4. The van der Waals surface area contributed by atoms with Gasteiger partial charge >= 0.3 is 0 Å². The second-order valence-corrected chi connectivity index (χ2v) is 5.75. The molecule has 2 rings (SSSR count). The van der Waals surface area contributed by atoms with Gasteiger partial charge in [-0.05, 0) is 43.4 Å². The van der Waals surface area contributed by atoms with Crippen LogP contribution in [0.5, 0.6) is 0 Å². The highest BCUT2D eigenvalue weighted by molar-refractivity contribution is 7.09. The van der Waals surface area contributed by atoms with E-state index in [0.717, 1.165) is 42.9 Å². The minimum atomic E-state index is 0.303. The lowest BCUT2D eigenvalue weighted by Gasteiger charge is -2.00. The molecule has 0 atom stereocenters. The lowest BCUT2D eigenvalue weighted by atomic mass is 10.1. The monoisotopic (exact) mass is 295 g/mol. The third kappa shape index (κ3) is 3.83. The number of hydrogen-bond donors (Lipinski definition) is 1. The van der Waals surface area contributed by atoms with E-state index in [1.807, 2.05) is 0 Å². The van der Waals surface area contributed by atoms with Gasteiger partial charge in [0.05, 0.1) is 5.69 Å². The molecule has 0 bridgehead atoms. The van der Waals surface area contributed by atoms with Crippen molar-refractivity contribution in [1.29, 1.82) is 0 Å². The van der Waals surface area contributed by atoms with E-state index in [-0.39, 0.29) is 0 Å². The fourth-order valence-electron chi connectivity index (χ4n) is 1.84. The maximum Gasteiger partial charge on any atom is 0.261 e. The van der Waals surface area contributed by atoms with E-state index in [1.54, 1.807) is 0 Å². The summed E-state index contributed by atoms with van der Waals surface area (Å²) in [7, 11) is 0.